The van der Waals surface area contributed by atoms with Crippen LogP contribution in [0, 0.1) is 0 Å². The Kier molecular flexibility index (Phi) is 3.60. The first-order chi connectivity index (χ1) is 7.47. The molecule has 1 rings (SSSR count). The predicted octanol–water partition coefficient (Wildman–Crippen LogP) is 2.78. The Labute approximate surface area is 91.0 Å². The van der Waals surface area contributed by atoms with Crippen LogP contribution < -0.4 is 4.74 Å². The Morgan fingerprint density at radius 3 is 2.62 bits per heavy atom. The third kappa shape index (κ3) is 2.79. The average molecular weight is 228 g/mol. The van der Waals surface area contributed by atoms with E-state index in [1.165, 1.54) is 12.1 Å². The molecule has 0 fully saturated rings. The minimum atomic E-state index is -4.22. The number of para-hydroxylation sites is 1. The Hall–Kier alpha value is -1.91. The van der Waals surface area contributed by atoms with Gasteiger partial charge < -0.3 is 9.84 Å². The quantitative estimate of drug-likeness (QED) is 0.861. The van der Waals surface area contributed by atoms with Crippen molar-refractivity contribution in [1.82, 2.24) is 0 Å². The van der Waals surface area contributed by atoms with Crippen molar-refractivity contribution >= 4 is 12.0 Å². The topological polar surface area (TPSA) is 46.5 Å². The average Bonchev–Trinajstić information content (AvgIpc) is 2.20. The summed E-state index contributed by atoms with van der Waals surface area (Å²) in [5, 5.41) is 8.23. The molecule has 0 heterocycles. The van der Waals surface area contributed by atoms with E-state index in [1.54, 1.807) is 31.2 Å². The molecule has 3 nitrogen and oxygen atoms in total. The highest BCUT2D eigenvalue weighted by Crippen LogP contribution is 2.26. The van der Waals surface area contributed by atoms with Crippen molar-refractivity contribution in [3.8, 4) is 5.75 Å². The van der Waals surface area contributed by atoms with Gasteiger partial charge in [0, 0.05) is 5.56 Å². The third-order valence-corrected chi connectivity index (χ3v) is 1.75. The second-order valence-corrected chi connectivity index (χ2v) is 2.96. The summed E-state index contributed by atoms with van der Waals surface area (Å²) in [6.45, 7) is 1.71. The highest BCUT2D eigenvalue weighted by atomic mass is 19.3. The van der Waals surface area contributed by atoms with Crippen molar-refractivity contribution in [1.29, 1.82) is 0 Å². The molecule has 0 aliphatic heterocycles. The van der Waals surface area contributed by atoms with Gasteiger partial charge in [0.15, 0.2) is 0 Å². The fourth-order valence-corrected chi connectivity index (χ4v) is 1.07. The van der Waals surface area contributed by atoms with E-state index in [4.69, 9.17) is 5.11 Å². The molecule has 0 bridgehead atoms. The summed E-state index contributed by atoms with van der Waals surface area (Å²) in [5.74, 6) is -2.49. The van der Waals surface area contributed by atoms with Crippen molar-refractivity contribution < 1.29 is 23.4 Å². The van der Waals surface area contributed by atoms with E-state index < -0.39 is 12.1 Å². The molecule has 0 aromatic heterocycles. The molecule has 0 aliphatic rings. The molecular weight excluding hydrogens is 218 g/mol. The second-order valence-electron chi connectivity index (χ2n) is 2.96. The zero-order chi connectivity index (χ0) is 12.2. The van der Waals surface area contributed by atoms with Crippen LogP contribution in [0.4, 0.5) is 8.78 Å². The summed E-state index contributed by atoms with van der Waals surface area (Å²) >= 11 is 0. The molecule has 16 heavy (non-hydrogen) atoms. The molecule has 0 saturated carbocycles. The zero-order valence-corrected chi connectivity index (χ0v) is 8.48. The number of allylic oxidation sites excluding steroid dienone is 1. The van der Waals surface area contributed by atoms with Crippen molar-refractivity contribution in [2.24, 2.45) is 0 Å². The lowest BCUT2D eigenvalue weighted by atomic mass is 10.2. The van der Waals surface area contributed by atoms with Gasteiger partial charge in [-0.15, -0.1) is 0 Å². The molecule has 86 valence electrons. The highest BCUT2D eigenvalue weighted by Gasteiger charge is 2.42. The number of hydrogen-bond acceptors (Lipinski definition) is 2. The van der Waals surface area contributed by atoms with Crippen LogP contribution in [-0.4, -0.2) is 17.2 Å². The number of carboxylic acid groups (broad SMARTS) is 1. The predicted molar refractivity (Wildman–Crippen MR) is 54.4 cm³/mol. The Bertz CT molecular complexity index is 413. The van der Waals surface area contributed by atoms with Crippen LogP contribution in [0.2, 0.25) is 0 Å². The molecule has 0 amide bonds. The van der Waals surface area contributed by atoms with Crippen LogP contribution in [0.15, 0.2) is 30.3 Å². The number of hydrogen-bond donors (Lipinski definition) is 1. The van der Waals surface area contributed by atoms with Crippen LogP contribution in [0.3, 0.4) is 0 Å². The standard InChI is InChI=1S/C11H10F2O3/c1-2-5-8-6-3-4-7-9(8)16-11(12,13)10(14)15/h2-7H,1H3,(H,14,15)/b5-2+. The van der Waals surface area contributed by atoms with Crippen LogP contribution in [0.1, 0.15) is 12.5 Å². The lowest BCUT2D eigenvalue weighted by Crippen LogP contribution is -2.35. The maximum Gasteiger partial charge on any atom is 0.501 e. The smallest absolute Gasteiger partial charge is 0.474 e. The molecule has 1 aromatic carbocycles. The van der Waals surface area contributed by atoms with Gasteiger partial charge in [0.2, 0.25) is 0 Å². The van der Waals surface area contributed by atoms with Gasteiger partial charge in [-0.05, 0) is 13.0 Å². The highest BCUT2D eigenvalue weighted by molar-refractivity contribution is 5.74. The number of alkyl halides is 2. The zero-order valence-electron chi connectivity index (χ0n) is 8.48. The van der Waals surface area contributed by atoms with Crippen LogP contribution in [-0.2, 0) is 4.79 Å². The molecule has 0 unspecified atom stereocenters. The minimum absolute atomic E-state index is 0.173. The van der Waals surface area contributed by atoms with Gasteiger partial charge in [0.05, 0.1) is 0 Å². The molecule has 0 aliphatic carbocycles. The van der Waals surface area contributed by atoms with E-state index in [-0.39, 0.29) is 5.75 Å². The minimum Gasteiger partial charge on any atom is -0.474 e. The monoisotopic (exact) mass is 228 g/mol. The Morgan fingerprint density at radius 2 is 2.06 bits per heavy atom. The first kappa shape index (κ1) is 12.2. The largest absolute Gasteiger partial charge is 0.501 e. The van der Waals surface area contributed by atoms with Crippen molar-refractivity contribution in [3.05, 3.63) is 35.9 Å². The number of carboxylic acids is 1. The maximum absolute atomic E-state index is 12.8. The molecule has 1 N–H and O–H groups in total. The summed E-state index contributed by atoms with van der Waals surface area (Å²) in [5.41, 5.74) is 0.394. The van der Waals surface area contributed by atoms with Crippen LogP contribution in [0.5, 0.6) is 5.75 Å². The summed E-state index contributed by atoms with van der Waals surface area (Å²) in [6.07, 6.45) is -1.04. The molecule has 0 radical (unpaired) electrons. The Morgan fingerprint density at radius 1 is 1.44 bits per heavy atom. The number of carbonyl (C=O) groups is 1. The first-order valence-electron chi connectivity index (χ1n) is 4.49. The second kappa shape index (κ2) is 4.74. The van der Waals surface area contributed by atoms with Crippen molar-refractivity contribution in [2.45, 2.75) is 13.0 Å². The van der Waals surface area contributed by atoms with Gasteiger partial charge in [-0.1, -0.05) is 30.4 Å². The normalized spacial score (nSPS) is 11.7. The molecule has 5 heteroatoms. The van der Waals surface area contributed by atoms with Gasteiger partial charge in [0.25, 0.3) is 0 Å². The van der Waals surface area contributed by atoms with Gasteiger partial charge in [0.1, 0.15) is 5.75 Å². The molecular formula is C11H10F2O3. The number of benzene rings is 1. The van der Waals surface area contributed by atoms with Gasteiger partial charge in [-0.2, -0.15) is 8.78 Å². The molecule has 0 spiro atoms. The van der Waals surface area contributed by atoms with E-state index in [0.29, 0.717) is 5.56 Å². The van der Waals surface area contributed by atoms with E-state index in [0.717, 1.165) is 0 Å². The summed E-state index contributed by atoms with van der Waals surface area (Å²) < 4.78 is 29.8. The number of rotatable bonds is 4. The van der Waals surface area contributed by atoms with E-state index in [1.807, 2.05) is 0 Å². The fraction of sp³-hybridized carbons (Fsp3) is 0.182. The first-order valence-corrected chi connectivity index (χ1v) is 4.49. The third-order valence-electron chi connectivity index (χ3n) is 1.75. The summed E-state index contributed by atoms with van der Waals surface area (Å²) in [7, 11) is 0. The molecule has 1 aromatic rings. The lowest BCUT2D eigenvalue weighted by Gasteiger charge is -2.14. The van der Waals surface area contributed by atoms with Gasteiger partial charge >= 0.3 is 12.1 Å². The van der Waals surface area contributed by atoms with E-state index in [2.05, 4.69) is 4.74 Å². The van der Waals surface area contributed by atoms with Crippen LogP contribution in [0.25, 0.3) is 6.08 Å². The van der Waals surface area contributed by atoms with Gasteiger partial charge in [-0.3, -0.25) is 0 Å². The number of ether oxygens (including phenoxy) is 1. The van der Waals surface area contributed by atoms with Gasteiger partial charge in [-0.25, -0.2) is 4.79 Å². The number of halogens is 2. The van der Waals surface area contributed by atoms with E-state index in [9.17, 15) is 13.6 Å². The Balaban J connectivity index is 3.01. The van der Waals surface area contributed by atoms with Crippen LogP contribution >= 0.6 is 0 Å². The number of aliphatic carboxylic acids is 1. The van der Waals surface area contributed by atoms with Crippen molar-refractivity contribution in [2.75, 3.05) is 0 Å². The lowest BCUT2D eigenvalue weighted by molar-refractivity contribution is -0.210. The summed E-state index contributed by atoms with van der Waals surface area (Å²) in [6, 6.07) is 5.96. The molecule has 0 atom stereocenters. The van der Waals surface area contributed by atoms with E-state index >= 15 is 0 Å². The summed E-state index contributed by atoms with van der Waals surface area (Å²) in [4.78, 5) is 10.2. The fourth-order valence-electron chi connectivity index (χ4n) is 1.07. The SMILES string of the molecule is C/C=C/c1ccccc1OC(F)(F)C(=O)O. The maximum atomic E-state index is 12.8. The molecule has 0 saturated heterocycles. The van der Waals surface area contributed by atoms with Crippen molar-refractivity contribution in [3.63, 3.8) is 0 Å².